The van der Waals surface area contributed by atoms with Crippen LogP contribution in [-0.2, 0) is 52.3 Å². The molecule has 61 heavy (non-hydrogen) atoms. The number of hydrogen-bond donors (Lipinski definition) is 17. The van der Waals surface area contributed by atoms with Crippen molar-refractivity contribution in [2.24, 2.45) is 0 Å². The molecular weight excluding hydrogens is 840 g/mol. The van der Waals surface area contributed by atoms with Gasteiger partial charge in [0.15, 0.2) is 18.9 Å². The first kappa shape index (κ1) is 51.2. The Balaban J connectivity index is 1.50. The summed E-state index contributed by atoms with van der Waals surface area (Å²) in [6.07, 6.45) is -37.2. The Bertz CT molecular complexity index is 1400. The van der Waals surface area contributed by atoms with Crippen LogP contribution in [0.25, 0.3) is 0 Å². The van der Waals surface area contributed by atoms with Gasteiger partial charge in [0.25, 0.3) is 5.79 Å². The van der Waals surface area contributed by atoms with Crippen molar-refractivity contribution in [3.05, 3.63) is 0 Å². The molecule has 4 aliphatic rings. The summed E-state index contributed by atoms with van der Waals surface area (Å²) < 4.78 is 44.5. The molecular formula is C33H56N2O26. The van der Waals surface area contributed by atoms with Crippen molar-refractivity contribution in [2.45, 2.75) is 148 Å². The number of aliphatic hydroxyl groups excluding tert-OH is 14. The van der Waals surface area contributed by atoms with Gasteiger partial charge < -0.3 is 125 Å². The predicted octanol–water partition coefficient (Wildman–Crippen LogP) is -11.3. The van der Waals surface area contributed by atoms with Crippen LogP contribution in [0.5, 0.6) is 0 Å². The molecule has 0 aromatic carbocycles. The van der Waals surface area contributed by atoms with E-state index in [1.54, 1.807) is 0 Å². The molecule has 4 aliphatic heterocycles. The van der Waals surface area contributed by atoms with E-state index in [2.05, 4.69) is 10.6 Å². The summed E-state index contributed by atoms with van der Waals surface area (Å²) in [6.45, 7) is -3.98. The second-order valence-corrected chi connectivity index (χ2v) is 14.8. The third-order valence-electron chi connectivity index (χ3n) is 10.5. The quantitative estimate of drug-likeness (QED) is 0.0505. The molecule has 354 valence electrons. The van der Waals surface area contributed by atoms with Crippen molar-refractivity contribution in [1.82, 2.24) is 10.6 Å². The number of carboxylic acids is 1. The smallest absolute Gasteiger partial charge is 0.364 e. The Morgan fingerprint density at radius 1 is 0.754 bits per heavy atom. The van der Waals surface area contributed by atoms with Crippen molar-refractivity contribution < 1.29 is 129 Å². The molecule has 4 saturated heterocycles. The average Bonchev–Trinajstić information content (AvgIpc) is 3.23. The number of carbonyl (C=O) groups is 3. The van der Waals surface area contributed by atoms with Crippen molar-refractivity contribution in [3.8, 4) is 0 Å². The van der Waals surface area contributed by atoms with Crippen LogP contribution < -0.4 is 10.6 Å². The summed E-state index contributed by atoms with van der Waals surface area (Å²) in [5.41, 5.74) is 0. The van der Waals surface area contributed by atoms with E-state index >= 15 is 0 Å². The fraction of sp³-hybridized carbons (Fsp3) is 0.909. The Morgan fingerprint density at radius 3 is 1.84 bits per heavy atom. The molecule has 0 bridgehead atoms. The van der Waals surface area contributed by atoms with E-state index in [1.165, 1.54) is 0 Å². The molecule has 0 radical (unpaired) electrons. The van der Waals surface area contributed by atoms with Gasteiger partial charge in [-0.2, -0.15) is 0 Å². The van der Waals surface area contributed by atoms with E-state index in [4.69, 9.17) is 37.9 Å². The molecule has 0 saturated carbocycles. The van der Waals surface area contributed by atoms with Gasteiger partial charge in [0, 0.05) is 13.3 Å². The van der Waals surface area contributed by atoms with Gasteiger partial charge in [0.1, 0.15) is 97.6 Å². The Kier molecular flexibility index (Phi) is 18.8. The number of nitrogens with one attached hydrogen (secondary N) is 2. The summed E-state index contributed by atoms with van der Waals surface area (Å²) in [5.74, 6) is -5.69. The van der Waals surface area contributed by atoms with Gasteiger partial charge in [0.2, 0.25) is 12.3 Å². The first-order valence-corrected chi connectivity index (χ1v) is 18.9. The zero-order valence-electron chi connectivity index (χ0n) is 32.4. The fourth-order valence-electron chi connectivity index (χ4n) is 7.10. The third-order valence-corrected chi connectivity index (χ3v) is 10.5. The summed E-state index contributed by atoms with van der Waals surface area (Å²) >= 11 is 0. The van der Waals surface area contributed by atoms with E-state index < -0.39 is 192 Å². The lowest BCUT2D eigenvalue weighted by Gasteiger charge is -2.49. The van der Waals surface area contributed by atoms with Crippen molar-refractivity contribution in [3.63, 3.8) is 0 Å². The molecule has 0 aliphatic carbocycles. The Hall–Kier alpha value is -2.47. The summed E-state index contributed by atoms with van der Waals surface area (Å²) in [6, 6.07) is -2.63. The van der Waals surface area contributed by atoms with Gasteiger partial charge in [-0.1, -0.05) is 0 Å². The van der Waals surface area contributed by atoms with Gasteiger partial charge in [-0.05, 0) is 0 Å². The van der Waals surface area contributed by atoms with E-state index in [-0.39, 0.29) is 6.41 Å². The maximum Gasteiger partial charge on any atom is 0.364 e. The minimum Gasteiger partial charge on any atom is -0.477 e. The summed E-state index contributed by atoms with van der Waals surface area (Å²) in [4.78, 5) is 35.4. The fourth-order valence-corrected chi connectivity index (χ4v) is 7.10. The maximum atomic E-state index is 12.5. The number of aliphatic hydroxyl groups is 14. The molecule has 0 spiro atoms. The van der Waals surface area contributed by atoms with Crippen LogP contribution in [0.2, 0.25) is 0 Å². The SMILES string of the molecule is CC(=O)N[C@H]1[C@H](O[C@@H]2[C@H](O)[C@@H](O)[C@H](O[C@H]3[C@H](O)[C@@H](O)[C@H](OC[C@@H](CO)NC=O)O[C@@H]3CO)O[C@@H]2CO)O[C@H](CO[C@]2(C(=O)O)C[C@H](O)[C@@H](O)[C@H]([C@H](O)[C@H](O)CO)O2)[C@H](O)[C@@H]1O. The monoisotopic (exact) mass is 896 g/mol. The standard InChI is InChI=1S/C33H56N2O26/c1-10(41)35-17-21(47)20(46)16(8-55-33(32(52)53)2-12(42)18(44)28(61-33)19(45)13(43)4-37)58-29(17)59-26-15(6-39)57-31(25(51)23(26)49)60-27-14(5-38)56-30(24(50)22(27)48)54-7-11(3-36)34-9-40/h9,11-31,36-39,42-51H,2-8H2,1H3,(H,34,40)(H,35,41)(H,52,53)/t11-,12+,13-,14-,15-,16-,17-,18-,19-,20+,21-,22-,23-,24-,25-,26+,27-,28-,29+,30-,31+,33-/m1/s1. The van der Waals surface area contributed by atoms with Gasteiger partial charge in [0.05, 0.1) is 51.8 Å². The van der Waals surface area contributed by atoms with E-state index in [9.17, 15) is 91.0 Å². The average molecular weight is 897 g/mol. The molecule has 4 rings (SSSR count). The minimum absolute atomic E-state index is 0.284. The van der Waals surface area contributed by atoms with Crippen LogP contribution in [0.4, 0.5) is 0 Å². The normalized spacial score (nSPS) is 43.5. The number of rotatable bonds is 20. The molecule has 28 heteroatoms. The number of aliphatic carboxylic acids is 1. The molecule has 4 fully saturated rings. The molecule has 28 nitrogen and oxygen atoms in total. The second-order valence-electron chi connectivity index (χ2n) is 14.8. The van der Waals surface area contributed by atoms with Crippen molar-refractivity contribution in [1.29, 1.82) is 0 Å². The van der Waals surface area contributed by atoms with Crippen LogP contribution in [0.3, 0.4) is 0 Å². The number of carbonyl (C=O) groups excluding carboxylic acids is 2. The zero-order chi connectivity index (χ0) is 45.5. The van der Waals surface area contributed by atoms with Crippen LogP contribution in [0.1, 0.15) is 13.3 Å². The highest BCUT2D eigenvalue weighted by molar-refractivity contribution is 5.76. The maximum absolute atomic E-state index is 12.5. The lowest BCUT2D eigenvalue weighted by atomic mass is 9.90. The van der Waals surface area contributed by atoms with Gasteiger partial charge >= 0.3 is 5.97 Å². The van der Waals surface area contributed by atoms with Gasteiger partial charge in [-0.3, -0.25) is 9.59 Å². The van der Waals surface area contributed by atoms with Crippen molar-refractivity contribution >= 4 is 18.3 Å². The number of amides is 2. The van der Waals surface area contributed by atoms with Crippen LogP contribution in [-0.4, -0.2) is 269 Å². The number of hydrogen-bond acceptors (Lipinski definition) is 25. The third kappa shape index (κ3) is 11.6. The predicted molar refractivity (Wildman–Crippen MR) is 186 cm³/mol. The molecule has 17 N–H and O–H groups in total. The Morgan fingerprint density at radius 2 is 1.31 bits per heavy atom. The van der Waals surface area contributed by atoms with Crippen LogP contribution in [0.15, 0.2) is 0 Å². The molecule has 4 heterocycles. The summed E-state index contributed by atoms with van der Waals surface area (Å²) in [7, 11) is 0. The van der Waals surface area contributed by atoms with Crippen molar-refractivity contribution in [2.75, 3.05) is 39.6 Å². The highest BCUT2D eigenvalue weighted by Gasteiger charge is 2.58. The molecule has 2 amide bonds. The number of ether oxygens (including phenoxy) is 8. The molecule has 22 atom stereocenters. The Labute approximate surface area is 345 Å². The highest BCUT2D eigenvalue weighted by atomic mass is 16.8. The zero-order valence-corrected chi connectivity index (χ0v) is 32.4. The summed E-state index contributed by atoms with van der Waals surface area (Å²) in [5, 5.41) is 161. The molecule has 0 aromatic rings. The molecule has 0 unspecified atom stereocenters. The van der Waals surface area contributed by atoms with Gasteiger partial charge in [-0.15, -0.1) is 0 Å². The minimum atomic E-state index is -2.93. The lowest BCUT2D eigenvalue weighted by Crippen LogP contribution is -2.69. The number of carboxylic acid groups (broad SMARTS) is 1. The van der Waals surface area contributed by atoms with E-state index in [1.807, 2.05) is 0 Å². The molecule has 0 aromatic heterocycles. The highest BCUT2D eigenvalue weighted by Crippen LogP contribution is 2.36. The first-order chi connectivity index (χ1) is 28.8. The van der Waals surface area contributed by atoms with Crippen LogP contribution in [0, 0.1) is 0 Å². The van der Waals surface area contributed by atoms with Crippen LogP contribution >= 0.6 is 0 Å². The topological polar surface area (TPSA) is 453 Å². The van der Waals surface area contributed by atoms with Gasteiger partial charge in [-0.25, -0.2) is 4.79 Å². The van der Waals surface area contributed by atoms with E-state index in [0.29, 0.717) is 0 Å². The first-order valence-electron chi connectivity index (χ1n) is 18.9. The second kappa shape index (κ2) is 22.4. The van der Waals surface area contributed by atoms with E-state index in [0.717, 1.165) is 6.92 Å². The largest absolute Gasteiger partial charge is 0.477 e. The lowest BCUT2D eigenvalue weighted by molar-refractivity contribution is -0.377.